The molecule has 3 aromatic rings. The van der Waals surface area contributed by atoms with Crippen molar-refractivity contribution in [2.24, 2.45) is 0 Å². The van der Waals surface area contributed by atoms with Crippen LogP contribution in [0.4, 0.5) is 5.69 Å². The maximum Gasteiger partial charge on any atom is 0.261 e. The van der Waals surface area contributed by atoms with Gasteiger partial charge in [0.1, 0.15) is 18.1 Å². The summed E-state index contributed by atoms with van der Waals surface area (Å²) in [7, 11) is -3.70. The van der Waals surface area contributed by atoms with E-state index in [1.807, 2.05) is 36.4 Å². The van der Waals surface area contributed by atoms with Crippen LogP contribution >= 0.6 is 0 Å². The zero-order chi connectivity index (χ0) is 20.7. The summed E-state index contributed by atoms with van der Waals surface area (Å²) in [4.78, 5) is 12.7. The quantitative estimate of drug-likeness (QED) is 0.559. The Morgan fingerprint density at radius 3 is 2.24 bits per heavy atom. The molecule has 0 heterocycles. The molecule has 0 radical (unpaired) electrons. The molecule has 150 valence electrons. The van der Waals surface area contributed by atoms with E-state index in [1.54, 1.807) is 43.3 Å². The molecule has 0 amide bonds. The molecule has 3 aromatic carbocycles. The van der Waals surface area contributed by atoms with Gasteiger partial charge in [-0.25, -0.2) is 8.42 Å². The number of hydrogen-bond donors (Lipinski definition) is 1. The largest absolute Gasteiger partial charge is 0.492 e. The van der Waals surface area contributed by atoms with Crippen molar-refractivity contribution in [2.45, 2.75) is 24.2 Å². The Morgan fingerprint density at radius 2 is 1.59 bits per heavy atom. The van der Waals surface area contributed by atoms with Gasteiger partial charge < -0.3 is 4.74 Å². The van der Waals surface area contributed by atoms with Crippen LogP contribution in [0.15, 0.2) is 89.8 Å². The van der Waals surface area contributed by atoms with E-state index in [0.29, 0.717) is 23.4 Å². The van der Waals surface area contributed by atoms with Crippen LogP contribution < -0.4 is 9.46 Å². The highest BCUT2D eigenvalue weighted by Crippen LogP contribution is 2.25. The number of para-hydroxylation sites is 1. The SMILES string of the molecule is CCC(=O)C(COc1ccccc1)c1cccc(NS(=O)(=O)c2ccccc2)c1. The molecule has 1 N–H and O–H groups in total. The fraction of sp³-hybridized carbons (Fsp3) is 0.174. The van der Waals surface area contributed by atoms with Gasteiger partial charge in [-0.1, -0.05) is 55.5 Å². The van der Waals surface area contributed by atoms with E-state index in [4.69, 9.17) is 4.74 Å². The number of ether oxygens (including phenoxy) is 1. The number of carbonyl (C=O) groups is 1. The Balaban J connectivity index is 1.81. The molecular weight excluding hydrogens is 386 g/mol. The van der Waals surface area contributed by atoms with Gasteiger partial charge in [-0.05, 0) is 42.0 Å². The summed E-state index contributed by atoms with van der Waals surface area (Å²) in [5.74, 6) is 0.229. The van der Waals surface area contributed by atoms with Gasteiger partial charge in [-0.3, -0.25) is 9.52 Å². The summed E-state index contributed by atoms with van der Waals surface area (Å²) >= 11 is 0. The normalized spacial score (nSPS) is 12.2. The van der Waals surface area contributed by atoms with E-state index in [-0.39, 0.29) is 17.3 Å². The molecule has 6 heteroatoms. The van der Waals surface area contributed by atoms with Crippen molar-refractivity contribution in [2.75, 3.05) is 11.3 Å². The summed E-state index contributed by atoms with van der Waals surface area (Å²) in [6, 6.07) is 24.3. The van der Waals surface area contributed by atoms with Crippen LogP contribution in [0, 0.1) is 0 Å². The fourth-order valence-electron chi connectivity index (χ4n) is 2.95. The first-order valence-corrected chi connectivity index (χ1v) is 10.9. The smallest absolute Gasteiger partial charge is 0.261 e. The number of benzene rings is 3. The zero-order valence-electron chi connectivity index (χ0n) is 16.1. The number of sulfonamides is 1. The molecule has 0 aliphatic heterocycles. The Labute approximate surface area is 171 Å². The van der Waals surface area contributed by atoms with Crippen molar-refractivity contribution in [3.05, 3.63) is 90.5 Å². The Bertz CT molecular complexity index is 1050. The van der Waals surface area contributed by atoms with Gasteiger partial charge in [-0.2, -0.15) is 0 Å². The highest BCUT2D eigenvalue weighted by atomic mass is 32.2. The van der Waals surface area contributed by atoms with Crippen molar-refractivity contribution in [1.82, 2.24) is 0 Å². The third kappa shape index (κ3) is 5.45. The highest BCUT2D eigenvalue weighted by Gasteiger charge is 2.21. The van der Waals surface area contributed by atoms with Crippen molar-refractivity contribution in [3.8, 4) is 5.75 Å². The minimum Gasteiger partial charge on any atom is -0.492 e. The standard InChI is InChI=1S/C23H23NO4S/c1-2-23(25)22(17-28-20-12-5-3-6-13-20)18-10-9-11-19(16-18)24-29(26,27)21-14-7-4-8-15-21/h3-16,22,24H,2,17H2,1H3. The van der Waals surface area contributed by atoms with Crippen molar-refractivity contribution in [1.29, 1.82) is 0 Å². The van der Waals surface area contributed by atoms with E-state index in [0.717, 1.165) is 0 Å². The predicted octanol–water partition coefficient (Wildman–Crippen LogP) is 4.63. The monoisotopic (exact) mass is 409 g/mol. The van der Waals surface area contributed by atoms with Gasteiger partial charge in [0.15, 0.2) is 0 Å². The first kappa shape index (κ1) is 20.6. The lowest BCUT2D eigenvalue weighted by atomic mass is 9.94. The number of hydrogen-bond acceptors (Lipinski definition) is 4. The topological polar surface area (TPSA) is 72.5 Å². The highest BCUT2D eigenvalue weighted by molar-refractivity contribution is 7.92. The summed E-state index contributed by atoms with van der Waals surface area (Å²) < 4.78 is 33.5. The summed E-state index contributed by atoms with van der Waals surface area (Å²) in [6.07, 6.45) is 0.364. The van der Waals surface area contributed by atoms with Crippen LogP contribution in [0.5, 0.6) is 5.75 Å². The first-order chi connectivity index (χ1) is 14.0. The predicted molar refractivity (Wildman–Crippen MR) is 114 cm³/mol. The fourth-order valence-corrected chi connectivity index (χ4v) is 4.02. The number of nitrogens with one attached hydrogen (secondary N) is 1. The van der Waals surface area contributed by atoms with E-state index >= 15 is 0 Å². The lowest BCUT2D eigenvalue weighted by Crippen LogP contribution is -2.20. The molecule has 0 bridgehead atoms. The van der Waals surface area contributed by atoms with Crippen molar-refractivity contribution < 1.29 is 17.9 Å². The van der Waals surface area contributed by atoms with Crippen LogP contribution in [0.25, 0.3) is 0 Å². The van der Waals surface area contributed by atoms with Crippen LogP contribution in [0.3, 0.4) is 0 Å². The number of rotatable bonds is 9. The molecule has 5 nitrogen and oxygen atoms in total. The maximum atomic E-state index is 12.6. The van der Waals surface area contributed by atoms with Crippen LogP contribution in [0.2, 0.25) is 0 Å². The van der Waals surface area contributed by atoms with Gasteiger partial charge in [0.25, 0.3) is 10.0 Å². The first-order valence-electron chi connectivity index (χ1n) is 9.38. The molecule has 0 aliphatic carbocycles. The van der Waals surface area contributed by atoms with Gasteiger partial charge in [0, 0.05) is 12.1 Å². The average Bonchev–Trinajstić information content (AvgIpc) is 2.75. The molecule has 0 aromatic heterocycles. The summed E-state index contributed by atoms with van der Waals surface area (Å²) in [5.41, 5.74) is 1.11. The zero-order valence-corrected chi connectivity index (χ0v) is 16.9. The molecule has 3 rings (SSSR count). The minimum absolute atomic E-state index is 0.0315. The van der Waals surface area contributed by atoms with Gasteiger partial charge in [0.2, 0.25) is 0 Å². The van der Waals surface area contributed by atoms with Crippen molar-refractivity contribution >= 4 is 21.5 Å². The average molecular weight is 410 g/mol. The molecule has 0 spiro atoms. The molecule has 0 aliphatic rings. The van der Waals surface area contributed by atoms with E-state index in [1.165, 1.54) is 12.1 Å². The van der Waals surface area contributed by atoms with Gasteiger partial charge in [-0.15, -0.1) is 0 Å². The summed E-state index contributed by atoms with van der Waals surface area (Å²) in [5, 5.41) is 0. The minimum atomic E-state index is -3.70. The number of carbonyl (C=O) groups excluding carboxylic acids is 1. The number of ketones is 1. The molecule has 1 atom stereocenters. The van der Waals surface area contributed by atoms with Gasteiger partial charge >= 0.3 is 0 Å². The van der Waals surface area contributed by atoms with Crippen LogP contribution in [-0.4, -0.2) is 20.8 Å². The lowest BCUT2D eigenvalue weighted by Gasteiger charge is -2.18. The van der Waals surface area contributed by atoms with E-state index < -0.39 is 15.9 Å². The van der Waals surface area contributed by atoms with Crippen molar-refractivity contribution in [3.63, 3.8) is 0 Å². The lowest BCUT2D eigenvalue weighted by molar-refractivity contribution is -0.120. The number of anilines is 1. The van der Waals surface area contributed by atoms with E-state index in [9.17, 15) is 13.2 Å². The van der Waals surface area contributed by atoms with E-state index in [2.05, 4.69) is 4.72 Å². The molecule has 0 saturated heterocycles. The van der Waals surface area contributed by atoms with Gasteiger partial charge in [0.05, 0.1) is 10.8 Å². The molecule has 1 unspecified atom stereocenters. The molecule has 0 fully saturated rings. The third-order valence-corrected chi connectivity index (χ3v) is 5.89. The second kappa shape index (κ2) is 9.39. The molecule has 0 saturated carbocycles. The molecule has 29 heavy (non-hydrogen) atoms. The Hall–Kier alpha value is -3.12. The summed E-state index contributed by atoms with van der Waals surface area (Å²) in [6.45, 7) is 1.99. The second-order valence-corrected chi connectivity index (χ2v) is 8.22. The number of Topliss-reactive ketones (excluding diaryl/α,β-unsaturated/α-hetero) is 1. The van der Waals surface area contributed by atoms with Crippen LogP contribution in [-0.2, 0) is 14.8 Å². The van der Waals surface area contributed by atoms with Crippen LogP contribution in [0.1, 0.15) is 24.8 Å². The molecular formula is C23H23NO4S. The Morgan fingerprint density at radius 1 is 0.931 bits per heavy atom. The maximum absolute atomic E-state index is 12.6. The Kier molecular flexibility index (Phi) is 6.67. The second-order valence-electron chi connectivity index (χ2n) is 6.54. The third-order valence-electron chi connectivity index (χ3n) is 4.49.